The maximum absolute atomic E-state index is 12.6. The Labute approximate surface area is 156 Å². The van der Waals surface area contributed by atoms with Crippen molar-refractivity contribution in [2.45, 2.75) is 32.8 Å². The van der Waals surface area contributed by atoms with E-state index < -0.39 is 17.5 Å². The van der Waals surface area contributed by atoms with Gasteiger partial charge in [0.2, 0.25) is 0 Å². The van der Waals surface area contributed by atoms with E-state index in [-0.39, 0.29) is 12.2 Å². The van der Waals surface area contributed by atoms with Crippen molar-refractivity contribution in [2.75, 3.05) is 14.1 Å². The average molecular weight is 371 g/mol. The Morgan fingerprint density at radius 3 is 2.56 bits per heavy atom. The normalized spacial score (nSPS) is 14.3. The minimum Gasteiger partial charge on any atom is -0.456 e. The molecule has 0 saturated carbocycles. The fourth-order valence-corrected chi connectivity index (χ4v) is 2.45. The zero-order valence-electron chi connectivity index (χ0n) is 15.9. The average Bonchev–Trinajstić information content (AvgIpc) is 3.18. The summed E-state index contributed by atoms with van der Waals surface area (Å²) in [6.07, 6.45) is 0.282. The number of aromatic nitrogens is 2. The summed E-state index contributed by atoms with van der Waals surface area (Å²) in [6, 6.07) is 4.79. The second-order valence-corrected chi connectivity index (χ2v) is 7.35. The number of hydrogen-bond donors (Lipinski definition) is 1. The van der Waals surface area contributed by atoms with Crippen LogP contribution in [0.2, 0.25) is 0 Å². The summed E-state index contributed by atoms with van der Waals surface area (Å²) in [5.41, 5.74) is 1.03. The number of benzene rings is 1. The van der Waals surface area contributed by atoms with Gasteiger partial charge in [0.05, 0.1) is 5.57 Å². The maximum Gasteiger partial charge on any atom is 0.338 e. The van der Waals surface area contributed by atoms with E-state index in [0.717, 1.165) is 0 Å². The van der Waals surface area contributed by atoms with Crippen molar-refractivity contribution in [1.82, 2.24) is 20.5 Å². The summed E-state index contributed by atoms with van der Waals surface area (Å²) in [5.74, 6) is -0.0760. The lowest BCUT2D eigenvalue weighted by Gasteiger charge is -2.20. The van der Waals surface area contributed by atoms with E-state index in [1.54, 1.807) is 43.9 Å². The smallest absolute Gasteiger partial charge is 0.338 e. The Kier molecular flexibility index (Phi) is 4.69. The van der Waals surface area contributed by atoms with Crippen LogP contribution in [0.1, 0.15) is 37.6 Å². The fraction of sp³-hybridized carbons (Fsp3) is 0.389. The van der Waals surface area contributed by atoms with Crippen molar-refractivity contribution in [1.29, 1.82) is 0 Å². The van der Waals surface area contributed by atoms with Gasteiger partial charge < -0.3 is 15.0 Å². The highest BCUT2D eigenvalue weighted by Crippen LogP contribution is 2.23. The topological polar surface area (TPSA) is 110 Å². The number of nitrogens with one attached hydrogen (secondary N) is 1. The second-order valence-electron chi connectivity index (χ2n) is 7.35. The number of rotatable bonds is 3. The fourth-order valence-electron chi connectivity index (χ4n) is 2.45. The Bertz CT molecular complexity index is 966. The predicted molar refractivity (Wildman–Crippen MR) is 97.9 cm³/mol. The molecule has 2 aromatic rings. The first-order valence-electron chi connectivity index (χ1n) is 8.39. The van der Waals surface area contributed by atoms with Crippen molar-refractivity contribution in [3.8, 4) is 0 Å². The van der Waals surface area contributed by atoms with E-state index in [1.807, 2.05) is 14.1 Å². The van der Waals surface area contributed by atoms with Gasteiger partial charge in [-0.25, -0.2) is 14.4 Å². The predicted octanol–water partition coefficient (Wildman–Crippen LogP) is 1.87. The summed E-state index contributed by atoms with van der Waals surface area (Å²) in [7, 11) is 3.64. The number of fused-ring (bicyclic) bond motifs is 1. The Morgan fingerprint density at radius 2 is 1.89 bits per heavy atom. The summed E-state index contributed by atoms with van der Waals surface area (Å²) in [5, 5.41) is 10.1. The van der Waals surface area contributed by atoms with E-state index in [0.29, 0.717) is 28.0 Å². The highest BCUT2D eigenvalue weighted by atomic mass is 16.6. The van der Waals surface area contributed by atoms with Gasteiger partial charge in [-0.15, -0.1) is 0 Å². The molecule has 1 aromatic heterocycles. The van der Waals surface area contributed by atoms with Crippen molar-refractivity contribution in [3.63, 3.8) is 0 Å². The quantitative estimate of drug-likeness (QED) is 0.820. The Hall–Kier alpha value is -3.23. The van der Waals surface area contributed by atoms with Gasteiger partial charge in [-0.3, -0.25) is 4.79 Å². The van der Waals surface area contributed by atoms with Gasteiger partial charge in [0.15, 0.2) is 0 Å². The summed E-state index contributed by atoms with van der Waals surface area (Å²) < 4.78 is 10.1. The van der Waals surface area contributed by atoms with Crippen molar-refractivity contribution in [3.05, 3.63) is 35.2 Å². The number of carbonyl (C=O) groups is 2. The van der Waals surface area contributed by atoms with E-state index in [2.05, 4.69) is 25.3 Å². The zero-order chi connectivity index (χ0) is 19.8. The Morgan fingerprint density at radius 1 is 1.19 bits per heavy atom. The lowest BCUT2D eigenvalue weighted by Crippen LogP contribution is -2.28. The lowest BCUT2D eigenvalue weighted by molar-refractivity contribution is -0.149. The standard InChI is InChI=1S/C18H21N5O4/c1-18(2,3)26-17(25)11-9-14(23(4)5)19-15(11)20-16(24)10-6-7-12-13(8-10)22-27-21-12/h6-8H,9H2,1-5H3,(H,20,24). The van der Waals surface area contributed by atoms with Gasteiger partial charge in [0.1, 0.15) is 28.3 Å². The van der Waals surface area contributed by atoms with Crippen LogP contribution < -0.4 is 5.32 Å². The van der Waals surface area contributed by atoms with Gasteiger partial charge in [0.25, 0.3) is 5.91 Å². The molecule has 2 heterocycles. The molecule has 0 atom stereocenters. The molecule has 0 radical (unpaired) electrons. The van der Waals surface area contributed by atoms with Crippen LogP contribution in [-0.4, -0.2) is 52.6 Å². The molecule has 3 rings (SSSR count). The SMILES string of the molecule is CN(C)C1=NC(NC(=O)c2ccc3nonc3c2)=C(C(=O)OC(C)(C)C)C1. The van der Waals surface area contributed by atoms with Crippen LogP contribution in [0, 0.1) is 0 Å². The van der Waals surface area contributed by atoms with Crippen LogP contribution in [0.3, 0.4) is 0 Å². The molecule has 0 aliphatic carbocycles. The van der Waals surface area contributed by atoms with Gasteiger partial charge in [-0.1, -0.05) is 0 Å². The molecular formula is C18H21N5O4. The molecule has 1 aliphatic rings. The van der Waals surface area contributed by atoms with Crippen molar-refractivity contribution < 1.29 is 19.0 Å². The minimum atomic E-state index is -0.648. The first-order valence-corrected chi connectivity index (χ1v) is 8.39. The Balaban J connectivity index is 1.87. The molecule has 142 valence electrons. The first kappa shape index (κ1) is 18.6. The molecule has 27 heavy (non-hydrogen) atoms. The van der Waals surface area contributed by atoms with Gasteiger partial charge in [0, 0.05) is 26.1 Å². The second kappa shape index (κ2) is 6.82. The van der Waals surface area contributed by atoms with Crippen LogP contribution in [0.5, 0.6) is 0 Å². The van der Waals surface area contributed by atoms with Crippen LogP contribution in [0.15, 0.2) is 39.2 Å². The molecule has 0 unspecified atom stereocenters. The van der Waals surface area contributed by atoms with Crippen molar-refractivity contribution >= 4 is 28.7 Å². The number of esters is 1. The number of ether oxygens (including phenoxy) is 1. The highest BCUT2D eigenvalue weighted by molar-refractivity contribution is 6.04. The molecule has 0 spiro atoms. The van der Waals surface area contributed by atoms with Gasteiger partial charge in [-0.2, -0.15) is 0 Å². The third-order valence-electron chi connectivity index (χ3n) is 3.77. The van der Waals surface area contributed by atoms with E-state index >= 15 is 0 Å². The monoisotopic (exact) mass is 371 g/mol. The molecule has 1 aromatic carbocycles. The van der Waals surface area contributed by atoms with E-state index in [9.17, 15) is 9.59 Å². The molecule has 1 aliphatic heterocycles. The molecule has 0 bridgehead atoms. The number of nitrogens with zero attached hydrogens (tertiary/aromatic N) is 4. The molecule has 9 nitrogen and oxygen atoms in total. The molecule has 1 amide bonds. The number of carbonyl (C=O) groups excluding carboxylic acids is 2. The summed E-state index contributed by atoms with van der Waals surface area (Å²) in [6.45, 7) is 5.36. The number of hydrogen-bond acceptors (Lipinski definition) is 8. The van der Waals surface area contributed by atoms with Gasteiger partial charge >= 0.3 is 5.97 Å². The summed E-state index contributed by atoms with van der Waals surface area (Å²) >= 11 is 0. The van der Waals surface area contributed by atoms with Gasteiger partial charge in [-0.05, 0) is 49.3 Å². The largest absolute Gasteiger partial charge is 0.456 e. The zero-order valence-corrected chi connectivity index (χ0v) is 15.9. The number of aliphatic imine (C=N–C) groups is 1. The van der Waals surface area contributed by atoms with Crippen LogP contribution >= 0.6 is 0 Å². The number of amides is 1. The molecular weight excluding hydrogens is 350 g/mol. The third-order valence-corrected chi connectivity index (χ3v) is 3.77. The molecule has 0 fully saturated rings. The third kappa shape index (κ3) is 4.13. The van der Waals surface area contributed by atoms with Crippen LogP contribution in [0.25, 0.3) is 11.0 Å². The highest BCUT2D eigenvalue weighted by Gasteiger charge is 2.30. The van der Waals surface area contributed by atoms with Crippen LogP contribution in [0.4, 0.5) is 0 Å². The molecule has 9 heteroatoms. The van der Waals surface area contributed by atoms with E-state index in [4.69, 9.17) is 4.74 Å². The van der Waals surface area contributed by atoms with Crippen molar-refractivity contribution in [2.24, 2.45) is 4.99 Å². The van der Waals surface area contributed by atoms with E-state index in [1.165, 1.54) is 0 Å². The summed E-state index contributed by atoms with van der Waals surface area (Å²) in [4.78, 5) is 31.3. The minimum absolute atomic E-state index is 0.191. The number of amidine groups is 1. The lowest BCUT2D eigenvalue weighted by atomic mass is 10.1. The first-order chi connectivity index (χ1) is 12.6. The maximum atomic E-state index is 12.6. The van der Waals surface area contributed by atoms with Crippen LogP contribution in [-0.2, 0) is 9.53 Å². The molecule has 1 N–H and O–H groups in total. The molecule has 0 saturated heterocycles.